The van der Waals surface area contributed by atoms with Gasteiger partial charge in [-0.3, -0.25) is 19.1 Å². The summed E-state index contributed by atoms with van der Waals surface area (Å²) in [6, 6.07) is 23.7. The Balaban J connectivity index is 1.08. The molecule has 260 valence electrons. The number of nitrogens with one attached hydrogen (secondary N) is 1. The maximum atomic E-state index is 15.5. The predicted molar refractivity (Wildman–Crippen MR) is 195 cm³/mol. The number of hydrogen-bond donors (Lipinski definition) is 1. The molecule has 1 aliphatic heterocycles. The van der Waals surface area contributed by atoms with E-state index in [1.807, 2.05) is 31.2 Å². The number of fused-ring (bicyclic) bond motifs is 2. The molecule has 51 heavy (non-hydrogen) atoms. The number of amides is 1. The Bertz CT molecular complexity index is 2270. The third-order valence-electron chi connectivity index (χ3n) is 8.99. The SMILES string of the molecule is COc1cc2c(Oc3ccc(NC(=O)c4nc5ccccc5n(-c5ccc(C)cc5)c4=O)cc3F)ccnc2cc1OCCCN1CCCCC1. The number of para-hydroxylation sites is 2. The molecule has 0 atom stereocenters. The quantitative estimate of drug-likeness (QED) is 0.138. The number of hydrogen-bond acceptors (Lipinski definition) is 8. The highest BCUT2D eigenvalue weighted by Gasteiger charge is 2.20. The molecule has 1 amide bonds. The van der Waals surface area contributed by atoms with Gasteiger partial charge in [-0.25, -0.2) is 9.37 Å². The molecule has 0 spiro atoms. The number of ether oxygens (including phenoxy) is 3. The molecule has 0 bridgehead atoms. The van der Waals surface area contributed by atoms with Gasteiger partial charge in [-0.15, -0.1) is 0 Å². The molecular formula is C40H38FN5O5. The average molecular weight is 688 g/mol. The maximum absolute atomic E-state index is 15.5. The van der Waals surface area contributed by atoms with E-state index in [1.165, 1.54) is 36.0 Å². The monoisotopic (exact) mass is 687 g/mol. The summed E-state index contributed by atoms with van der Waals surface area (Å²) in [5.74, 6) is -0.101. The zero-order valence-corrected chi connectivity index (χ0v) is 28.5. The van der Waals surface area contributed by atoms with E-state index < -0.39 is 17.3 Å². The minimum atomic E-state index is -0.767. The summed E-state index contributed by atoms with van der Waals surface area (Å²) >= 11 is 0. The minimum absolute atomic E-state index is 0.0666. The van der Waals surface area contributed by atoms with Crippen molar-refractivity contribution in [2.75, 3.05) is 38.7 Å². The Labute approximate surface area is 294 Å². The van der Waals surface area contributed by atoms with Crippen molar-refractivity contribution in [2.24, 2.45) is 0 Å². The lowest BCUT2D eigenvalue weighted by molar-refractivity contribution is 0.102. The highest BCUT2D eigenvalue weighted by atomic mass is 19.1. The molecule has 2 aromatic heterocycles. The van der Waals surface area contributed by atoms with Gasteiger partial charge in [0.05, 0.1) is 30.3 Å². The Hall–Kier alpha value is -5.81. The summed E-state index contributed by atoms with van der Waals surface area (Å²) in [6.45, 7) is 5.77. The summed E-state index contributed by atoms with van der Waals surface area (Å²) in [5.41, 5.74) is 2.46. The number of pyridine rings is 1. The van der Waals surface area contributed by atoms with Gasteiger partial charge in [0.2, 0.25) is 0 Å². The van der Waals surface area contributed by atoms with E-state index >= 15 is 4.39 Å². The third-order valence-corrected chi connectivity index (χ3v) is 8.99. The molecule has 1 fully saturated rings. The maximum Gasteiger partial charge on any atom is 0.287 e. The van der Waals surface area contributed by atoms with Gasteiger partial charge in [0, 0.05) is 41.6 Å². The molecule has 0 aliphatic carbocycles. The number of benzene rings is 4. The highest BCUT2D eigenvalue weighted by molar-refractivity contribution is 6.03. The van der Waals surface area contributed by atoms with Gasteiger partial charge >= 0.3 is 0 Å². The Morgan fingerprint density at radius 1 is 0.882 bits per heavy atom. The molecule has 6 aromatic rings. The smallest absolute Gasteiger partial charge is 0.287 e. The largest absolute Gasteiger partial charge is 0.493 e. The Kier molecular flexibility index (Phi) is 9.89. The first-order valence-corrected chi connectivity index (χ1v) is 17.1. The number of aromatic nitrogens is 3. The van der Waals surface area contributed by atoms with Crippen molar-refractivity contribution in [3.05, 3.63) is 119 Å². The summed E-state index contributed by atoms with van der Waals surface area (Å²) in [6.07, 6.45) is 6.29. The summed E-state index contributed by atoms with van der Waals surface area (Å²) in [7, 11) is 1.57. The number of carbonyl (C=O) groups is 1. The van der Waals surface area contributed by atoms with Crippen molar-refractivity contribution in [2.45, 2.75) is 32.6 Å². The van der Waals surface area contributed by atoms with Gasteiger partial charge in [-0.2, -0.15) is 0 Å². The van der Waals surface area contributed by atoms with Gasteiger partial charge < -0.3 is 24.4 Å². The van der Waals surface area contributed by atoms with Crippen LogP contribution in [0.2, 0.25) is 0 Å². The van der Waals surface area contributed by atoms with Crippen LogP contribution in [-0.4, -0.2) is 58.7 Å². The van der Waals surface area contributed by atoms with Crippen LogP contribution in [0.25, 0.3) is 27.6 Å². The van der Waals surface area contributed by atoms with Gasteiger partial charge in [-0.05, 0) is 87.8 Å². The van der Waals surface area contributed by atoms with Gasteiger partial charge in [-0.1, -0.05) is 36.2 Å². The van der Waals surface area contributed by atoms with E-state index in [2.05, 4.69) is 20.2 Å². The molecule has 11 heteroatoms. The number of piperidine rings is 1. The van der Waals surface area contributed by atoms with E-state index in [-0.39, 0.29) is 17.1 Å². The molecule has 1 saturated heterocycles. The molecule has 0 radical (unpaired) electrons. The van der Waals surface area contributed by atoms with Gasteiger partial charge in [0.1, 0.15) is 5.75 Å². The first kappa shape index (κ1) is 33.7. The second-order valence-corrected chi connectivity index (χ2v) is 12.6. The van der Waals surface area contributed by atoms with Crippen molar-refractivity contribution in [1.82, 2.24) is 19.4 Å². The van der Waals surface area contributed by atoms with Crippen molar-refractivity contribution in [3.8, 4) is 28.7 Å². The molecule has 7 rings (SSSR count). The predicted octanol–water partition coefficient (Wildman–Crippen LogP) is 7.69. The van der Waals surface area contributed by atoms with E-state index in [9.17, 15) is 9.59 Å². The summed E-state index contributed by atoms with van der Waals surface area (Å²) < 4.78 is 34.7. The lowest BCUT2D eigenvalue weighted by atomic mass is 10.1. The minimum Gasteiger partial charge on any atom is -0.493 e. The lowest BCUT2D eigenvalue weighted by Gasteiger charge is -2.26. The first-order valence-electron chi connectivity index (χ1n) is 17.1. The van der Waals surface area contributed by atoms with Crippen LogP contribution in [0.4, 0.5) is 10.1 Å². The van der Waals surface area contributed by atoms with Crippen molar-refractivity contribution >= 4 is 33.5 Å². The highest BCUT2D eigenvalue weighted by Crippen LogP contribution is 2.38. The molecule has 10 nitrogen and oxygen atoms in total. The Morgan fingerprint density at radius 3 is 2.47 bits per heavy atom. The fourth-order valence-electron chi connectivity index (χ4n) is 6.34. The lowest BCUT2D eigenvalue weighted by Crippen LogP contribution is -2.31. The number of rotatable bonds is 11. The fraction of sp³-hybridized carbons (Fsp3) is 0.250. The average Bonchev–Trinajstić information content (AvgIpc) is 3.15. The van der Waals surface area contributed by atoms with Crippen molar-refractivity contribution < 1.29 is 23.4 Å². The number of nitrogens with zero attached hydrogens (tertiary/aromatic N) is 4. The fourth-order valence-corrected chi connectivity index (χ4v) is 6.34. The molecule has 3 heterocycles. The van der Waals surface area contributed by atoms with Crippen LogP contribution in [0, 0.1) is 12.7 Å². The number of aryl methyl sites for hydroxylation is 1. The van der Waals surface area contributed by atoms with Crippen LogP contribution < -0.4 is 25.1 Å². The zero-order chi connectivity index (χ0) is 35.3. The molecule has 1 N–H and O–H groups in total. The molecular weight excluding hydrogens is 649 g/mol. The van der Waals surface area contributed by atoms with Crippen LogP contribution in [-0.2, 0) is 0 Å². The van der Waals surface area contributed by atoms with E-state index in [4.69, 9.17) is 14.2 Å². The van der Waals surface area contributed by atoms with Gasteiger partial charge in [0.15, 0.2) is 28.8 Å². The second kappa shape index (κ2) is 15.0. The van der Waals surface area contributed by atoms with Crippen molar-refractivity contribution in [3.63, 3.8) is 0 Å². The first-order chi connectivity index (χ1) is 24.9. The number of anilines is 1. The molecule has 1 aliphatic rings. The summed E-state index contributed by atoms with van der Waals surface area (Å²) in [4.78, 5) is 38.4. The van der Waals surface area contributed by atoms with E-state index in [0.717, 1.165) is 37.7 Å². The molecule has 0 unspecified atom stereocenters. The topological polar surface area (TPSA) is 108 Å². The number of methoxy groups -OCH3 is 1. The van der Waals surface area contributed by atoms with Gasteiger partial charge in [0.25, 0.3) is 11.5 Å². The van der Waals surface area contributed by atoms with Crippen molar-refractivity contribution in [1.29, 1.82) is 0 Å². The number of likely N-dealkylation sites (tertiary alicyclic amines) is 1. The van der Waals surface area contributed by atoms with E-state index in [1.54, 1.807) is 55.8 Å². The second-order valence-electron chi connectivity index (χ2n) is 12.6. The normalized spacial score (nSPS) is 13.3. The summed E-state index contributed by atoms with van der Waals surface area (Å²) in [5, 5.41) is 3.23. The standard InChI is InChI=1S/C40H38FN5O5/c1-26-11-14-28(15-12-26)46-33-10-5-4-9-31(33)44-38(40(46)48)39(47)43-27-13-16-35(30(41)23-27)51-34-17-18-42-32-25-37(36(49-2)24-29(32)34)50-22-8-21-45-19-6-3-7-20-45/h4-5,9-18,23-25H,3,6-8,19-22H2,1-2H3,(H,43,47). The van der Waals surface area contributed by atoms with E-state index in [0.29, 0.717) is 51.5 Å². The van der Waals surface area contributed by atoms with Crippen LogP contribution in [0.3, 0.4) is 0 Å². The number of carbonyl (C=O) groups excluding carboxylic acids is 1. The zero-order valence-electron chi connectivity index (χ0n) is 28.5. The van der Waals surface area contributed by atoms with Crippen LogP contribution in [0.15, 0.2) is 95.9 Å². The Morgan fingerprint density at radius 2 is 1.69 bits per heavy atom. The third kappa shape index (κ3) is 7.39. The molecule has 4 aromatic carbocycles. The molecule has 0 saturated carbocycles. The van der Waals surface area contributed by atoms with Crippen LogP contribution in [0.1, 0.15) is 41.7 Å². The number of halogens is 1. The van der Waals surface area contributed by atoms with Crippen LogP contribution in [0.5, 0.6) is 23.0 Å². The van der Waals surface area contributed by atoms with Crippen LogP contribution >= 0.6 is 0 Å².